The van der Waals surface area contributed by atoms with Gasteiger partial charge in [0.1, 0.15) is 22.7 Å². The molecule has 0 amide bonds. The number of hydrogen-bond donors (Lipinski definition) is 1. The third-order valence-electron chi connectivity index (χ3n) is 5.23. The lowest BCUT2D eigenvalue weighted by Gasteiger charge is -2.17. The fourth-order valence-electron chi connectivity index (χ4n) is 3.33. The maximum atomic E-state index is 12.8. The van der Waals surface area contributed by atoms with Gasteiger partial charge in [0.05, 0.1) is 21.8 Å². The van der Waals surface area contributed by atoms with Gasteiger partial charge in [0.15, 0.2) is 9.84 Å². The van der Waals surface area contributed by atoms with Crippen LogP contribution < -0.4 is 4.72 Å². The Morgan fingerprint density at radius 2 is 1.77 bits per heavy atom. The molecule has 0 bridgehead atoms. The minimum Gasteiger partial charge on any atom is -0.291 e. The van der Waals surface area contributed by atoms with Gasteiger partial charge in [-0.25, -0.2) is 21.8 Å². The van der Waals surface area contributed by atoms with E-state index in [0.717, 1.165) is 18.5 Å². The number of fused-ring (bicyclic) bond motifs is 1. The third-order valence-corrected chi connectivity index (χ3v) is 7.83. The van der Waals surface area contributed by atoms with E-state index in [4.69, 9.17) is 0 Å². The van der Waals surface area contributed by atoms with Crippen LogP contribution in [0.15, 0.2) is 58.6 Å². The monoisotopic (exact) mass is 523 g/mol. The first-order valence-electron chi connectivity index (χ1n) is 9.83. The molecular formula is C21H16F3N5O4S2. The van der Waals surface area contributed by atoms with Crippen molar-refractivity contribution in [1.29, 1.82) is 5.26 Å². The Bertz CT molecular complexity index is 1660. The molecule has 1 aliphatic rings. The molecule has 0 saturated heterocycles. The van der Waals surface area contributed by atoms with Gasteiger partial charge in [-0.05, 0) is 37.3 Å². The Morgan fingerprint density at radius 1 is 1.11 bits per heavy atom. The van der Waals surface area contributed by atoms with E-state index < -0.39 is 37.0 Å². The summed E-state index contributed by atoms with van der Waals surface area (Å²) >= 11 is 0. The molecular weight excluding hydrogens is 507 g/mol. The first kappa shape index (κ1) is 24.6. The van der Waals surface area contributed by atoms with Gasteiger partial charge < -0.3 is 0 Å². The van der Waals surface area contributed by atoms with Crippen LogP contribution >= 0.6 is 0 Å². The summed E-state index contributed by atoms with van der Waals surface area (Å²) in [5.41, 5.74) is 1.29. The van der Waals surface area contributed by atoms with E-state index in [1.807, 2.05) is 6.07 Å². The molecule has 0 fully saturated rings. The number of alkyl halides is 3. The fraction of sp³-hybridized carbons (Fsp3) is 0.190. The Morgan fingerprint density at radius 3 is 2.26 bits per heavy atom. The summed E-state index contributed by atoms with van der Waals surface area (Å²) in [4.78, 5) is 7.73. The van der Waals surface area contributed by atoms with Crippen molar-refractivity contribution in [1.82, 2.24) is 19.3 Å². The van der Waals surface area contributed by atoms with Gasteiger partial charge in [0, 0.05) is 29.7 Å². The molecule has 0 aromatic carbocycles. The highest BCUT2D eigenvalue weighted by Crippen LogP contribution is 2.37. The first-order valence-corrected chi connectivity index (χ1v) is 13.2. The summed E-state index contributed by atoms with van der Waals surface area (Å²) < 4.78 is 90.3. The number of hydrogen-bond acceptors (Lipinski definition) is 7. The van der Waals surface area contributed by atoms with E-state index in [-0.39, 0.29) is 32.9 Å². The van der Waals surface area contributed by atoms with Crippen LogP contribution in [0.3, 0.4) is 0 Å². The predicted octanol–water partition coefficient (Wildman–Crippen LogP) is 3.01. The first-order chi connectivity index (χ1) is 16.2. The molecule has 3 heterocycles. The molecule has 0 saturated carbocycles. The molecule has 1 unspecified atom stereocenters. The van der Waals surface area contributed by atoms with Gasteiger partial charge in [-0.2, -0.15) is 23.2 Å². The van der Waals surface area contributed by atoms with Gasteiger partial charge in [0.2, 0.25) is 10.0 Å². The molecule has 9 nitrogen and oxygen atoms in total. The number of pyridine rings is 2. The van der Waals surface area contributed by atoms with Crippen molar-refractivity contribution < 1.29 is 30.0 Å². The van der Waals surface area contributed by atoms with Crippen LogP contribution in [-0.4, -0.2) is 49.8 Å². The average molecular weight is 524 g/mol. The third kappa shape index (κ3) is 4.45. The Labute approximate surface area is 198 Å². The molecule has 3 aromatic heterocycles. The van der Waals surface area contributed by atoms with Gasteiger partial charge >= 0.3 is 6.18 Å². The topological polar surface area (TPSA) is 135 Å². The maximum absolute atomic E-state index is 12.8. The average Bonchev–Trinajstić information content (AvgIpc) is 3.04. The zero-order valence-corrected chi connectivity index (χ0v) is 19.7. The van der Waals surface area contributed by atoms with Crippen molar-refractivity contribution in [3.8, 4) is 17.5 Å². The second kappa shape index (κ2) is 8.29. The lowest BCUT2D eigenvalue weighted by Crippen LogP contribution is -2.42. The number of allylic oxidation sites excluding steroid dienone is 4. The van der Waals surface area contributed by atoms with Crippen molar-refractivity contribution in [2.75, 3.05) is 6.26 Å². The minimum absolute atomic E-state index is 0.0473. The number of nitriles is 1. The fourth-order valence-corrected chi connectivity index (χ4v) is 5.08. The SMILES string of the molecule is CC(NS(=O)(=O)c1ccc(-c2c(C#N)c3cc(S(C)(=O)=O)cnc3n2C2=CC=C2)nc1)C(F)(F)F. The second-order valence-corrected chi connectivity index (χ2v) is 11.4. The summed E-state index contributed by atoms with van der Waals surface area (Å²) in [6, 6.07) is 3.35. The van der Waals surface area contributed by atoms with Crippen LogP contribution in [0.25, 0.3) is 28.1 Å². The second-order valence-electron chi connectivity index (χ2n) is 7.70. The van der Waals surface area contributed by atoms with Crippen molar-refractivity contribution in [3.05, 3.63) is 54.4 Å². The van der Waals surface area contributed by atoms with Crippen molar-refractivity contribution in [2.24, 2.45) is 0 Å². The molecule has 35 heavy (non-hydrogen) atoms. The summed E-state index contributed by atoms with van der Waals surface area (Å²) in [7, 11) is -8.15. The molecule has 3 aromatic rings. The van der Waals surface area contributed by atoms with Gasteiger partial charge in [-0.3, -0.25) is 9.55 Å². The minimum atomic E-state index is -4.77. The molecule has 4 rings (SSSR count). The van der Waals surface area contributed by atoms with Crippen LogP contribution in [0, 0.1) is 11.3 Å². The molecule has 0 spiro atoms. The smallest absolute Gasteiger partial charge is 0.291 e. The highest BCUT2D eigenvalue weighted by molar-refractivity contribution is 7.90. The molecule has 0 radical (unpaired) electrons. The van der Waals surface area contributed by atoms with Crippen molar-refractivity contribution in [2.45, 2.75) is 28.9 Å². The van der Waals surface area contributed by atoms with Crippen LogP contribution in [0.2, 0.25) is 0 Å². The summed E-state index contributed by atoms with van der Waals surface area (Å²) in [6.45, 7) is 0.675. The number of halogens is 3. The van der Waals surface area contributed by atoms with Crippen molar-refractivity contribution in [3.63, 3.8) is 0 Å². The quantitative estimate of drug-likeness (QED) is 0.525. The van der Waals surface area contributed by atoms with Gasteiger partial charge in [0.25, 0.3) is 0 Å². The van der Waals surface area contributed by atoms with Crippen molar-refractivity contribution >= 4 is 36.6 Å². The van der Waals surface area contributed by atoms with E-state index in [1.165, 1.54) is 18.3 Å². The van der Waals surface area contributed by atoms with E-state index in [1.54, 1.807) is 27.5 Å². The largest absolute Gasteiger partial charge is 0.404 e. The van der Waals surface area contributed by atoms with E-state index in [9.17, 15) is 35.3 Å². The van der Waals surface area contributed by atoms with Gasteiger partial charge in [-0.15, -0.1) is 0 Å². The highest BCUT2D eigenvalue weighted by Gasteiger charge is 2.39. The number of sulfonamides is 1. The van der Waals surface area contributed by atoms with Crippen LogP contribution in [0.5, 0.6) is 0 Å². The number of nitrogens with one attached hydrogen (secondary N) is 1. The molecule has 1 N–H and O–H groups in total. The highest BCUT2D eigenvalue weighted by atomic mass is 32.2. The Kier molecular flexibility index (Phi) is 5.82. The molecule has 182 valence electrons. The zero-order valence-electron chi connectivity index (χ0n) is 18.1. The Balaban J connectivity index is 1.86. The van der Waals surface area contributed by atoms with Crippen LogP contribution in [-0.2, 0) is 19.9 Å². The molecule has 1 atom stereocenters. The predicted molar refractivity (Wildman–Crippen MR) is 120 cm³/mol. The lowest BCUT2D eigenvalue weighted by molar-refractivity contribution is -0.147. The summed E-state index contributed by atoms with van der Waals surface area (Å²) in [6.07, 6.45) is 3.45. The molecule has 1 aliphatic carbocycles. The Hall–Kier alpha value is -3.54. The lowest BCUT2D eigenvalue weighted by atomic mass is 10.1. The van der Waals surface area contributed by atoms with E-state index in [0.29, 0.717) is 12.6 Å². The summed E-state index contributed by atoms with van der Waals surface area (Å²) in [5, 5.41) is 10.1. The summed E-state index contributed by atoms with van der Waals surface area (Å²) in [5.74, 6) is 0. The number of nitrogens with zero attached hydrogens (tertiary/aromatic N) is 4. The van der Waals surface area contributed by atoms with Crippen LogP contribution in [0.4, 0.5) is 13.2 Å². The van der Waals surface area contributed by atoms with E-state index >= 15 is 0 Å². The number of sulfone groups is 1. The van der Waals surface area contributed by atoms with Gasteiger partial charge in [-0.1, -0.05) is 6.08 Å². The zero-order chi connectivity index (χ0) is 25.8. The maximum Gasteiger partial charge on any atom is 0.404 e. The van der Waals surface area contributed by atoms with E-state index in [2.05, 4.69) is 9.97 Å². The number of rotatable bonds is 6. The molecule has 14 heteroatoms. The standard InChI is InChI=1S/C21H16F3N5O4S2/c1-12(21(22,23)24)28-35(32,33)14-6-7-18(26-10-14)19-17(9-25)16-8-15(34(2,30)31)11-27-20(16)29(19)13-4-3-5-13/h3-8,10-12,28H,1-2H3. The normalized spacial score (nSPS) is 14.9. The number of aromatic nitrogens is 3. The molecule has 0 aliphatic heterocycles. The van der Waals surface area contributed by atoms with Crippen LogP contribution in [0.1, 0.15) is 12.5 Å².